The molecule has 12 heavy (non-hydrogen) atoms. The van der Waals surface area contributed by atoms with Gasteiger partial charge in [-0.2, -0.15) is 0 Å². The molecule has 0 atom stereocenters. The van der Waals surface area contributed by atoms with E-state index in [9.17, 15) is 0 Å². The van der Waals surface area contributed by atoms with Crippen LogP contribution in [-0.2, 0) is 0 Å². The zero-order chi connectivity index (χ0) is 8.97. The first-order valence-corrected chi connectivity index (χ1v) is 4.52. The van der Waals surface area contributed by atoms with Gasteiger partial charge in [-0.3, -0.25) is 5.41 Å². The van der Waals surface area contributed by atoms with Crippen molar-refractivity contribution in [2.24, 2.45) is 5.73 Å². The van der Waals surface area contributed by atoms with E-state index in [4.69, 9.17) is 11.1 Å². The largest absolute Gasteiger partial charge is 0.382 e. The molecule has 0 spiro atoms. The number of rotatable bonds is 3. The number of nitrogens with one attached hydrogen (secondary N) is 1. The lowest BCUT2D eigenvalue weighted by Gasteiger charge is -1.98. The summed E-state index contributed by atoms with van der Waals surface area (Å²) in [5.74, 6) is 0.921. The standard InChI is InChI=1S/C7H10N4S/c1-2-12-6-4-10-5(3-11-6)7(8)9/h3-4H,2H2,1H3,(H3,8,9). The number of amidine groups is 1. The second-order valence-electron chi connectivity index (χ2n) is 2.09. The maximum Gasteiger partial charge on any atom is 0.143 e. The Bertz CT molecular complexity index is 269. The molecule has 0 aliphatic heterocycles. The minimum absolute atomic E-state index is 0.0458. The quantitative estimate of drug-likeness (QED) is 0.413. The smallest absolute Gasteiger partial charge is 0.143 e. The van der Waals surface area contributed by atoms with E-state index >= 15 is 0 Å². The van der Waals surface area contributed by atoms with Crippen LogP contribution in [0.1, 0.15) is 12.6 Å². The fraction of sp³-hybridized carbons (Fsp3) is 0.286. The first-order valence-electron chi connectivity index (χ1n) is 3.53. The van der Waals surface area contributed by atoms with Crippen LogP contribution in [0.2, 0.25) is 0 Å². The van der Waals surface area contributed by atoms with Crippen LogP contribution in [0.3, 0.4) is 0 Å². The Kier molecular flexibility index (Phi) is 3.04. The first-order chi connectivity index (χ1) is 5.74. The third-order valence-corrected chi connectivity index (χ3v) is 1.99. The van der Waals surface area contributed by atoms with Crippen LogP contribution in [0.4, 0.5) is 0 Å². The summed E-state index contributed by atoms with van der Waals surface area (Å²) in [7, 11) is 0. The molecule has 0 saturated carbocycles. The van der Waals surface area contributed by atoms with E-state index < -0.39 is 0 Å². The fourth-order valence-corrected chi connectivity index (χ4v) is 1.23. The molecule has 0 aliphatic carbocycles. The molecule has 3 N–H and O–H groups in total. The number of nitrogens with two attached hydrogens (primary N) is 1. The predicted octanol–water partition coefficient (Wildman–Crippen LogP) is 0.873. The molecule has 5 heteroatoms. The van der Waals surface area contributed by atoms with Crippen LogP contribution in [-0.4, -0.2) is 21.6 Å². The Hall–Kier alpha value is -1.10. The Morgan fingerprint density at radius 2 is 2.33 bits per heavy atom. The monoisotopic (exact) mass is 182 g/mol. The molecule has 4 nitrogen and oxygen atoms in total. The molecule has 0 aliphatic rings. The molecule has 0 radical (unpaired) electrons. The average molecular weight is 182 g/mol. The van der Waals surface area contributed by atoms with Crippen molar-refractivity contribution in [2.45, 2.75) is 11.9 Å². The van der Waals surface area contributed by atoms with Crippen molar-refractivity contribution in [1.82, 2.24) is 9.97 Å². The summed E-state index contributed by atoms with van der Waals surface area (Å²) in [6.45, 7) is 2.05. The second kappa shape index (κ2) is 4.06. The van der Waals surface area contributed by atoms with E-state index in [0.717, 1.165) is 10.8 Å². The van der Waals surface area contributed by atoms with Crippen molar-refractivity contribution in [3.05, 3.63) is 18.1 Å². The summed E-state index contributed by atoms with van der Waals surface area (Å²) < 4.78 is 0. The highest BCUT2D eigenvalue weighted by Gasteiger charge is 1.98. The van der Waals surface area contributed by atoms with Crippen molar-refractivity contribution >= 4 is 17.6 Å². The zero-order valence-electron chi connectivity index (χ0n) is 6.74. The molecule has 0 unspecified atom stereocenters. The summed E-state index contributed by atoms with van der Waals surface area (Å²) in [4.78, 5) is 8.03. The van der Waals surface area contributed by atoms with Gasteiger partial charge in [0.2, 0.25) is 0 Å². The third-order valence-electron chi connectivity index (χ3n) is 1.20. The lowest BCUT2D eigenvalue weighted by molar-refractivity contribution is 1.04. The summed E-state index contributed by atoms with van der Waals surface area (Å²) in [6, 6.07) is 0. The van der Waals surface area contributed by atoms with Gasteiger partial charge in [0, 0.05) is 0 Å². The van der Waals surface area contributed by atoms with Crippen LogP contribution in [0.25, 0.3) is 0 Å². The molecule has 0 fully saturated rings. The van der Waals surface area contributed by atoms with E-state index in [2.05, 4.69) is 9.97 Å². The van der Waals surface area contributed by atoms with Crippen molar-refractivity contribution in [3.8, 4) is 0 Å². The third kappa shape index (κ3) is 2.20. The van der Waals surface area contributed by atoms with Crippen LogP contribution < -0.4 is 5.73 Å². The Morgan fingerprint density at radius 1 is 1.58 bits per heavy atom. The maximum absolute atomic E-state index is 7.08. The van der Waals surface area contributed by atoms with Gasteiger partial charge in [0.15, 0.2) is 0 Å². The Balaban J connectivity index is 2.78. The van der Waals surface area contributed by atoms with Gasteiger partial charge < -0.3 is 5.73 Å². The van der Waals surface area contributed by atoms with Gasteiger partial charge in [-0.25, -0.2) is 9.97 Å². The highest BCUT2D eigenvalue weighted by Crippen LogP contribution is 2.11. The topological polar surface area (TPSA) is 75.7 Å². The minimum Gasteiger partial charge on any atom is -0.382 e. The van der Waals surface area contributed by atoms with E-state index in [0.29, 0.717) is 5.69 Å². The first kappa shape index (κ1) is 8.99. The van der Waals surface area contributed by atoms with Gasteiger partial charge in [0.25, 0.3) is 0 Å². The number of hydrogen-bond acceptors (Lipinski definition) is 4. The molecular weight excluding hydrogens is 172 g/mol. The van der Waals surface area contributed by atoms with Gasteiger partial charge in [-0.15, -0.1) is 11.8 Å². The summed E-state index contributed by atoms with van der Waals surface area (Å²) >= 11 is 1.61. The van der Waals surface area contributed by atoms with Crippen molar-refractivity contribution in [2.75, 3.05) is 5.75 Å². The maximum atomic E-state index is 7.08. The SMILES string of the molecule is CCSc1cnc(C(=N)N)cn1. The molecule has 0 bridgehead atoms. The van der Waals surface area contributed by atoms with Gasteiger partial charge in [0.05, 0.1) is 12.4 Å². The van der Waals surface area contributed by atoms with Gasteiger partial charge in [-0.1, -0.05) is 6.92 Å². The van der Waals surface area contributed by atoms with Gasteiger partial charge >= 0.3 is 0 Å². The van der Waals surface area contributed by atoms with Crippen molar-refractivity contribution < 1.29 is 0 Å². The molecule has 0 aromatic carbocycles. The minimum atomic E-state index is -0.0458. The normalized spacial score (nSPS) is 9.75. The molecule has 1 heterocycles. The number of hydrogen-bond donors (Lipinski definition) is 2. The number of thioether (sulfide) groups is 1. The van der Waals surface area contributed by atoms with Crippen molar-refractivity contribution in [3.63, 3.8) is 0 Å². The molecule has 1 rings (SSSR count). The van der Waals surface area contributed by atoms with Crippen LogP contribution in [0, 0.1) is 5.41 Å². The predicted molar refractivity (Wildman–Crippen MR) is 49.4 cm³/mol. The molecule has 0 saturated heterocycles. The second-order valence-corrected chi connectivity index (χ2v) is 3.37. The van der Waals surface area contributed by atoms with E-state index in [1.54, 1.807) is 18.0 Å². The molecular formula is C7H10N4S. The molecule has 64 valence electrons. The lowest BCUT2D eigenvalue weighted by Crippen LogP contribution is -2.13. The van der Waals surface area contributed by atoms with Crippen molar-refractivity contribution in [1.29, 1.82) is 5.41 Å². The van der Waals surface area contributed by atoms with Crippen LogP contribution in [0.15, 0.2) is 17.4 Å². The lowest BCUT2D eigenvalue weighted by atomic mass is 10.4. The average Bonchev–Trinajstić information content (AvgIpc) is 2.06. The number of nitrogen functional groups attached to an aromatic ring is 1. The molecule has 1 aromatic heterocycles. The summed E-state index contributed by atoms with van der Waals surface area (Å²) in [5.41, 5.74) is 5.64. The highest BCUT2D eigenvalue weighted by molar-refractivity contribution is 7.99. The Labute approximate surface area is 75.1 Å². The molecule has 1 aromatic rings. The van der Waals surface area contributed by atoms with Gasteiger partial charge in [-0.05, 0) is 5.75 Å². The van der Waals surface area contributed by atoms with Crippen LogP contribution in [0.5, 0.6) is 0 Å². The molecule has 0 amide bonds. The number of aromatic nitrogens is 2. The van der Waals surface area contributed by atoms with E-state index in [-0.39, 0.29) is 5.84 Å². The fourth-order valence-electron chi connectivity index (χ4n) is 0.678. The highest BCUT2D eigenvalue weighted by atomic mass is 32.2. The number of nitrogens with zero attached hydrogens (tertiary/aromatic N) is 2. The summed E-state index contributed by atoms with van der Waals surface area (Å²) in [5, 5.41) is 7.94. The zero-order valence-corrected chi connectivity index (χ0v) is 7.56. The Morgan fingerprint density at radius 3 is 2.75 bits per heavy atom. The van der Waals surface area contributed by atoms with E-state index in [1.165, 1.54) is 6.20 Å². The van der Waals surface area contributed by atoms with E-state index in [1.807, 2.05) is 6.92 Å². The van der Waals surface area contributed by atoms with Gasteiger partial charge in [0.1, 0.15) is 16.6 Å². The summed E-state index contributed by atoms with van der Waals surface area (Å²) in [6.07, 6.45) is 3.14. The van der Waals surface area contributed by atoms with Crippen LogP contribution >= 0.6 is 11.8 Å².